The Morgan fingerprint density at radius 1 is 0.950 bits per heavy atom. The molecule has 208 valence electrons. The molecule has 9 heteroatoms. The van der Waals surface area contributed by atoms with Crippen LogP contribution < -0.4 is 5.32 Å². The van der Waals surface area contributed by atoms with E-state index in [1.165, 1.54) is 0 Å². The minimum atomic E-state index is -0.224. The molecule has 0 unspecified atom stereocenters. The lowest BCUT2D eigenvalue weighted by Gasteiger charge is -2.24. The SMILES string of the molecule is CCCCC(=O)N(CCNC(=O)[C@H](CS)Cc1ccccc1)Cc1ccc(-c2ccccc2-c2nn[nH]n2)cc1. The third kappa shape index (κ3) is 8.02. The maximum Gasteiger partial charge on any atom is 0.224 e. The first-order valence-electron chi connectivity index (χ1n) is 13.7. The van der Waals surface area contributed by atoms with Crippen LogP contribution in [0.2, 0.25) is 0 Å². The molecule has 2 amide bonds. The van der Waals surface area contributed by atoms with Crippen LogP contribution in [0, 0.1) is 5.92 Å². The predicted molar refractivity (Wildman–Crippen MR) is 160 cm³/mol. The molecule has 0 radical (unpaired) electrons. The van der Waals surface area contributed by atoms with Gasteiger partial charge in [-0.1, -0.05) is 92.2 Å². The summed E-state index contributed by atoms with van der Waals surface area (Å²) in [6.07, 6.45) is 2.92. The Morgan fingerprint density at radius 2 is 1.68 bits per heavy atom. The Morgan fingerprint density at radius 3 is 2.35 bits per heavy atom. The van der Waals surface area contributed by atoms with Crippen molar-refractivity contribution in [3.8, 4) is 22.5 Å². The van der Waals surface area contributed by atoms with Crippen LogP contribution in [0.5, 0.6) is 0 Å². The summed E-state index contributed by atoms with van der Waals surface area (Å²) in [5.41, 5.74) is 5.05. The summed E-state index contributed by atoms with van der Waals surface area (Å²) >= 11 is 4.41. The van der Waals surface area contributed by atoms with E-state index in [1.807, 2.05) is 83.8 Å². The third-order valence-electron chi connectivity index (χ3n) is 6.85. The van der Waals surface area contributed by atoms with E-state index in [2.05, 4.69) is 45.5 Å². The Hall–Kier alpha value is -3.98. The quantitative estimate of drug-likeness (QED) is 0.191. The van der Waals surface area contributed by atoms with Crippen LogP contribution in [0.3, 0.4) is 0 Å². The summed E-state index contributed by atoms with van der Waals surface area (Å²) in [6.45, 7) is 3.39. The number of thiol groups is 1. The summed E-state index contributed by atoms with van der Waals surface area (Å²) in [4.78, 5) is 27.8. The van der Waals surface area contributed by atoms with Gasteiger partial charge in [0.15, 0.2) is 0 Å². The van der Waals surface area contributed by atoms with Crippen molar-refractivity contribution < 1.29 is 9.59 Å². The van der Waals surface area contributed by atoms with Crippen LogP contribution in [-0.4, -0.2) is 56.2 Å². The van der Waals surface area contributed by atoms with Crippen molar-refractivity contribution in [2.75, 3.05) is 18.8 Å². The van der Waals surface area contributed by atoms with Crippen molar-refractivity contribution in [2.45, 2.75) is 39.2 Å². The lowest BCUT2D eigenvalue weighted by molar-refractivity contribution is -0.132. The van der Waals surface area contributed by atoms with Gasteiger partial charge in [0.2, 0.25) is 17.6 Å². The van der Waals surface area contributed by atoms with Gasteiger partial charge in [-0.2, -0.15) is 17.8 Å². The number of carbonyl (C=O) groups is 2. The smallest absolute Gasteiger partial charge is 0.224 e. The number of unbranched alkanes of at least 4 members (excludes halogenated alkanes) is 1. The minimum absolute atomic E-state index is 0.0376. The van der Waals surface area contributed by atoms with Crippen LogP contribution in [-0.2, 0) is 22.6 Å². The van der Waals surface area contributed by atoms with Crippen LogP contribution in [0.1, 0.15) is 37.3 Å². The number of aromatic nitrogens is 4. The molecule has 0 spiro atoms. The predicted octanol–water partition coefficient (Wildman–Crippen LogP) is 4.96. The van der Waals surface area contributed by atoms with Gasteiger partial charge in [0.1, 0.15) is 0 Å². The van der Waals surface area contributed by atoms with Crippen LogP contribution in [0.15, 0.2) is 78.9 Å². The van der Waals surface area contributed by atoms with Crippen molar-refractivity contribution in [2.24, 2.45) is 5.92 Å². The molecule has 4 rings (SSSR count). The highest BCUT2D eigenvalue weighted by molar-refractivity contribution is 7.80. The zero-order chi connectivity index (χ0) is 28.2. The highest BCUT2D eigenvalue weighted by atomic mass is 32.1. The van der Waals surface area contributed by atoms with E-state index in [1.54, 1.807) is 0 Å². The first-order chi connectivity index (χ1) is 19.6. The third-order valence-corrected chi connectivity index (χ3v) is 7.29. The topological polar surface area (TPSA) is 104 Å². The van der Waals surface area contributed by atoms with E-state index in [-0.39, 0.29) is 17.7 Å². The number of amides is 2. The fourth-order valence-corrected chi connectivity index (χ4v) is 4.89. The van der Waals surface area contributed by atoms with E-state index in [4.69, 9.17) is 0 Å². The number of carbonyl (C=O) groups excluding carboxylic acids is 2. The number of nitrogens with zero attached hydrogens (tertiary/aromatic N) is 4. The highest BCUT2D eigenvalue weighted by Crippen LogP contribution is 2.29. The highest BCUT2D eigenvalue weighted by Gasteiger charge is 2.19. The minimum Gasteiger partial charge on any atom is -0.354 e. The fourth-order valence-electron chi connectivity index (χ4n) is 4.59. The van der Waals surface area contributed by atoms with Crippen molar-refractivity contribution in [1.82, 2.24) is 30.8 Å². The number of nitrogens with one attached hydrogen (secondary N) is 2. The van der Waals surface area contributed by atoms with Crippen molar-refractivity contribution in [3.63, 3.8) is 0 Å². The van der Waals surface area contributed by atoms with Crippen molar-refractivity contribution >= 4 is 24.4 Å². The molecule has 0 aliphatic carbocycles. The number of benzene rings is 3. The van der Waals surface area contributed by atoms with E-state index in [0.717, 1.165) is 40.7 Å². The van der Waals surface area contributed by atoms with E-state index in [0.29, 0.717) is 44.1 Å². The molecule has 3 aromatic carbocycles. The molecular formula is C31H36N6O2S. The molecule has 0 saturated carbocycles. The van der Waals surface area contributed by atoms with Gasteiger partial charge in [-0.15, -0.1) is 10.2 Å². The molecule has 8 nitrogen and oxygen atoms in total. The molecule has 1 aromatic heterocycles. The molecule has 4 aromatic rings. The Bertz CT molecular complexity index is 1350. The molecule has 0 aliphatic heterocycles. The van der Waals surface area contributed by atoms with Gasteiger partial charge < -0.3 is 10.2 Å². The average molecular weight is 557 g/mol. The summed E-state index contributed by atoms with van der Waals surface area (Å²) < 4.78 is 0. The van der Waals surface area contributed by atoms with Gasteiger partial charge in [-0.25, -0.2) is 0 Å². The Balaban J connectivity index is 1.40. The molecule has 0 aliphatic rings. The summed E-state index contributed by atoms with van der Waals surface area (Å²) in [7, 11) is 0. The Kier molecular flexibility index (Phi) is 10.9. The summed E-state index contributed by atoms with van der Waals surface area (Å²) in [5, 5.41) is 17.5. The van der Waals surface area contributed by atoms with Crippen molar-refractivity contribution in [3.05, 3.63) is 90.0 Å². The second-order valence-corrected chi connectivity index (χ2v) is 10.1. The maximum absolute atomic E-state index is 13.1. The summed E-state index contributed by atoms with van der Waals surface area (Å²) in [5.74, 6) is 0.834. The van der Waals surface area contributed by atoms with Crippen LogP contribution >= 0.6 is 12.6 Å². The summed E-state index contributed by atoms with van der Waals surface area (Å²) in [6, 6.07) is 26.0. The number of tetrazole rings is 1. The van der Waals surface area contributed by atoms with Gasteiger partial charge in [0.25, 0.3) is 0 Å². The number of H-pyrrole nitrogens is 1. The zero-order valence-electron chi connectivity index (χ0n) is 22.8. The van der Waals surface area contributed by atoms with Crippen molar-refractivity contribution in [1.29, 1.82) is 0 Å². The Labute approximate surface area is 241 Å². The maximum atomic E-state index is 13.1. The monoisotopic (exact) mass is 556 g/mol. The second kappa shape index (κ2) is 15.0. The fraction of sp³-hybridized carbons (Fsp3) is 0.323. The van der Waals surface area contributed by atoms with Crippen LogP contribution in [0.4, 0.5) is 0 Å². The zero-order valence-corrected chi connectivity index (χ0v) is 23.7. The van der Waals surface area contributed by atoms with E-state index < -0.39 is 0 Å². The molecule has 1 atom stereocenters. The first kappa shape index (κ1) is 29.0. The largest absolute Gasteiger partial charge is 0.354 e. The number of aromatic amines is 1. The first-order valence-corrected chi connectivity index (χ1v) is 14.3. The van der Waals surface area contributed by atoms with E-state index in [9.17, 15) is 9.59 Å². The molecule has 2 N–H and O–H groups in total. The normalized spacial score (nSPS) is 11.7. The van der Waals surface area contributed by atoms with Gasteiger partial charge in [-0.3, -0.25) is 9.59 Å². The molecule has 0 saturated heterocycles. The lowest BCUT2D eigenvalue weighted by Crippen LogP contribution is -2.40. The van der Waals surface area contributed by atoms with Gasteiger partial charge in [0, 0.05) is 37.4 Å². The van der Waals surface area contributed by atoms with Crippen LogP contribution in [0.25, 0.3) is 22.5 Å². The molecular weight excluding hydrogens is 520 g/mol. The van der Waals surface area contributed by atoms with Gasteiger partial charge in [0.05, 0.1) is 5.92 Å². The van der Waals surface area contributed by atoms with Gasteiger partial charge in [-0.05, 0) is 40.3 Å². The number of rotatable bonds is 14. The molecule has 0 bridgehead atoms. The molecule has 0 fully saturated rings. The molecule has 1 heterocycles. The standard InChI is InChI=1S/C31H36N6O2S/c1-2-3-13-29(38)37(19-18-32-31(39)26(22-40)20-23-9-5-4-6-10-23)21-24-14-16-25(17-15-24)27-11-7-8-12-28(27)30-33-35-36-34-30/h4-12,14-17,26,40H,2-3,13,18-22H2,1H3,(H,32,39)(H,33,34,35,36)/t26-/m0/s1. The average Bonchev–Trinajstić information content (AvgIpc) is 3.54. The number of hydrogen-bond donors (Lipinski definition) is 3. The second-order valence-electron chi connectivity index (χ2n) is 9.76. The molecule has 40 heavy (non-hydrogen) atoms. The van der Waals surface area contributed by atoms with E-state index >= 15 is 0 Å². The number of hydrogen-bond acceptors (Lipinski definition) is 6. The van der Waals surface area contributed by atoms with Gasteiger partial charge >= 0.3 is 0 Å². The lowest BCUT2D eigenvalue weighted by atomic mass is 9.98.